The Kier molecular flexibility index (Phi) is 4.19. The number of amides is 2. The molecule has 0 bridgehead atoms. The second kappa shape index (κ2) is 6.27. The maximum absolute atomic E-state index is 12.2. The van der Waals surface area contributed by atoms with Crippen LogP contribution < -0.4 is 16.2 Å². The van der Waals surface area contributed by atoms with Crippen LogP contribution >= 0.6 is 11.3 Å². The summed E-state index contributed by atoms with van der Waals surface area (Å²) in [4.78, 5) is 40.9. The van der Waals surface area contributed by atoms with E-state index in [0.29, 0.717) is 23.2 Å². The molecule has 0 spiro atoms. The molecule has 7 nitrogen and oxygen atoms in total. The number of nitrogens with one attached hydrogen (secondary N) is 2. The minimum absolute atomic E-state index is 0.138. The van der Waals surface area contributed by atoms with Crippen LogP contribution in [0.1, 0.15) is 19.3 Å². The van der Waals surface area contributed by atoms with Gasteiger partial charge in [0.2, 0.25) is 11.8 Å². The normalized spacial score (nSPS) is 18.7. The molecule has 0 aliphatic carbocycles. The second-order valence-corrected chi connectivity index (χ2v) is 6.12. The quantitative estimate of drug-likeness (QED) is 0.847. The van der Waals surface area contributed by atoms with Crippen LogP contribution in [-0.4, -0.2) is 34.0 Å². The fraction of sp³-hybridized carbons (Fsp3) is 0.429. The number of rotatable bonds is 3. The van der Waals surface area contributed by atoms with Gasteiger partial charge in [-0.15, -0.1) is 11.3 Å². The smallest absolute Gasteiger partial charge is 0.262 e. The SMILES string of the molecule is O=C(Cn1cnc2sccc2c1=O)NC1CCCCNC1=O. The fourth-order valence-electron chi connectivity index (χ4n) is 2.48. The summed E-state index contributed by atoms with van der Waals surface area (Å²) < 4.78 is 1.26. The number of hydrogen-bond acceptors (Lipinski definition) is 5. The van der Waals surface area contributed by atoms with Gasteiger partial charge in [0.1, 0.15) is 17.4 Å². The van der Waals surface area contributed by atoms with Crippen LogP contribution in [0.5, 0.6) is 0 Å². The summed E-state index contributed by atoms with van der Waals surface area (Å²) >= 11 is 1.38. The Morgan fingerprint density at radius 3 is 3.18 bits per heavy atom. The van der Waals surface area contributed by atoms with Crippen molar-refractivity contribution in [1.29, 1.82) is 0 Å². The van der Waals surface area contributed by atoms with Crippen LogP contribution in [0.4, 0.5) is 0 Å². The lowest BCUT2D eigenvalue weighted by Gasteiger charge is -2.15. The summed E-state index contributed by atoms with van der Waals surface area (Å²) in [6, 6.07) is 1.17. The molecule has 1 aliphatic heterocycles. The third-order valence-corrected chi connectivity index (χ3v) is 4.46. The molecule has 3 rings (SSSR count). The zero-order chi connectivity index (χ0) is 15.5. The van der Waals surface area contributed by atoms with Crippen molar-refractivity contribution in [2.45, 2.75) is 31.8 Å². The lowest BCUT2D eigenvalue weighted by atomic mass is 10.1. The van der Waals surface area contributed by atoms with Crippen LogP contribution in [0.15, 0.2) is 22.6 Å². The highest BCUT2D eigenvalue weighted by atomic mass is 32.1. The fourth-order valence-corrected chi connectivity index (χ4v) is 3.20. The van der Waals surface area contributed by atoms with Crippen molar-refractivity contribution in [2.75, 3.05) is 6.54 Å². The van der Waals surface area contributed by atoms with E-state index < -0.39 is 6.04 Å². The van der Waals surface area contributed by atoms with Crippen molar-refractivity contribution in [1.82, 2.24) is 20.2 Å². The Balaban J connectivity index is 1.71. The summed E-state index contributed by atoms with van der Waals surface area (Å²) in [5.74, 6) is -0.523. The predicted molar refractivity (Wildman–Crippen MR) is 82.7 cm³/mol. The van der Waals surface area contributed by atoms with Gasteiger partial charge in [0.15, 0.2) is 0 Å². The highest BCUT2D eigenvalue weighted by Gasteiger charge is 2.22. The molecule has 0 radical (unpaired) electrons. The van der Waals surface area contributed by atoms with Gasteiger partial charge in [-0.05, 0) is 30.7 Å². The van der Waals surface area contributed by atoms with Crippen molar-refractivity contribution >= 4 is 33.4 Å². The third kappa shape index (κ3) is 3.01. The molecule has 2 aromatic heterocycles. The molecule has 0 aromatic carbocycles. The van der Waals surface area contributed by atoms with Crippen LogP contribution in [-0.2, 0) is 16.1 Å². The topological polar surface area (TPSA) is 93.1 Å². The van der Waals surface area contributed by atoms with E-state index in [1.54, 1.807) is 11.4 Å². The van der Waals surface area contributed by atoms with Crippen LogP contribution in [0.2, 0.25) is 0 Å². The van der Waals surface area contributed by atoms with E-state index in [-0.39, 0.29) is 23.9 Å². The van der Waals surface area contributed by atoms with E-state index in [2.05, 4.69) is 15.6 Å². The molecule has 0 saturated carbocycles. The molecule has 2 aromatic rings. The molecule has 3 heterocycles. The summed E-state index contributed by atoms with van der Waals surface area (Å²) in [5, 5.41) is 7.75. The average molecular weight is 320 g/mol. The van der Waals surface area contributed by atoms with E-state index in [1.165, 1.54) is 22.2 Å². The Labute approximate surface area is 130 Å². The van der Waals surface area contributed by atoms with Gasteiger partial charge in [-0.2, -0.15) is 0 Å². The summed E-state index contributed by atoms with van der Waals surface area (Å²) in [6.07, 6.45) is 3.78. The number of aromatic nitrogens is 2. The van der Waals surface area contributed by atoms with Gasteiger partial charge in [0.05, 0.1) is 11.7 Å². The highest BCUT2D eigenvalue weighted by molar-refractivity contribution is 7.16. The molecule has 1 saturated heterocycles. The number of hydrogen-bond donors (Lipinski definition) is 2. The lowest BCUT2D eigenvalue weighted by molar-refractivity contribution is -0.129. The number of thiophene rings is 1. The molecule has 8 heteroatoms. The van der Waals surface area contributed by atoms with Gasteiger partial charge < -0.3 is 10.6 Å². The highest BCUT2D eigenvalue weighted by Crippen LogP contribution is 2.13. The molecular formula is C14H16N4O3S. The largest absolute Gasteiger partial charge is 0.354 e. The first-order valence-electron chi connectivity index (χ1n) is 7.15. The summed E-state index contributed by atoms with van der Waals surface area (Å²) in [5.41, 5.74) is -0.244. The van der Waals surface area contributed by atoms with Gasteiger partial charge in [-0.1, -0.05) is 0 Å². The number of carbonyl (C=O) groups excluding carboxylic acids is 2. The first kappa shape index (κ1) is 14.7. The van der Waals surface area contributed by atoms with Gasteiger partial charge in [-0.3, -0.25) is 19.0 Å². The first-order chi connectivity index (χ1) is 10.6. The minimum Gasteiger partial charge on any atom is -0.354 e. The molecule has 22 heavy (non-hydrogen) atoms. The standard InChI is InChI=1S/C14H16N4O3S/c19-11(17-10-3-1-2-5-15-12(10)20)7-18-8-16-13-9(14(18)21)4-6-22-13/h4,6,8,10H,1-3,5,7H2,(H,15,20)(H,17,19). The van der Waals surface area contributed by atoms with E-state index in [9.17, 15) is 14.4 Å². The summed E-state index contributed by atoms with van der Waals surface area (Å²) in [6.45, 7) is 0.505. The van der Waals surface area contributed by atoms with E-state index in [1.807, 2.05) is 0 Å². The Hall–Kier alpha value is -2.22. The molecule has 1 fully saturated rings. The maximum Gasteiger partial charge on any atom is 0.262 e. The van der Waals surface area contributed by atoms with E-state index in [4.69, 9.17) is 0 Å². The monoisotopic (exact) mass is 320 g/mol. The van der Waals surface area contributed by atoms with Crippen molar-refractivity contribution in [3.05, 3.63) is 28.1 Å². The second-order valence-electron chi connectivity index (χ2n) is 5.22. The first-order valence-corrected chi connectivity index (χ1v) is 8.03. The van der Waals surface area contributed by atoms with Gasteiger partial charge in [0.25, 0.3) is 5.56 Å². The molecule has 1 unspecified atom stereocenters. The minimum atomic E-state index is -0.525. The van der Waals surface area contributed by atoms with Crippen LogP contribution in [0.3, 0.4) is 0 Å². The zero-order valence-corrected chi connectivity index (χ0v) is 12.7. The lowest BCUT2D eigenvalue weighted by Crippen LogP contribution is -2.47. The van der Waals surface area contributed by atoms with Crippen molar-refractivity contribution in [3.63, 3.8) is 0 Å². The van der Waals surface area contributed by atoms with E-state index in [0.717, 1.165) is 12.8 Å². The van der Waals surface area contributed by atoms with Gasteiger partial charge in [-0.25, -0.2) is 4.98 Å². The molecule has 116 valence electrons. The molecule has 1 aliphatic rings. The maximum atomic E-state index is 12.2. The Bertz CT molecular complexity index is 767. The molecule has 2 amide bonds. The third-order valence-electron chi connectivity index (χ3n) is 3.63. The van der Waals surface area contributed by atoms with Crippen LogP contribution in [0.25, 0.3) is 10.2 Å². The molecular weight excluding hydrogens is 304 g/mol. The number of nitrogens with zero attached hydrogens (tertiary/aromatic N) is 2. The Morgan fingerprint density at radius 1 is 1.45 bits per heavy atom. The average Bonchev–Trinajstić information content (AvgIpc) is 2.89. The summed E-state index contributed by atoms with van der Waals surface area (Å²) in [7, 11) is 0. The number of fused-ring (bicyclic) bond motifs is 1. The van der Waals surface area contributed by atoms with E-state index >= 15 is 0 Å². The predicted octanol–water partition coefficient (Wildman–Crippen LogP) is 0.243. The van der Waals surface area contributed by atoms with Crippen molar-refractivity contribution < 1.29 is 9.59 Å². The van der Waals surface area contributed by atoms with Gasteiger partial charge in [0, 0.05) is 6.54 Å². The zero-order valence-electron chi connectivity index (χ0n) is 11.9. The van der Waals surface area contributed by atoms with Crippen LogP contribution in [0, 0.1) is 0 Å². The Morgan fingerprint density at radius 2 is 2.32 bits per heavy atom. The van der Waals surface area contributed by atoms with Crippen molar-refractivity contribution in [3.8, 4) is 0 Å². The molecule has 1 atom stereocenters. The number of carbonyl (C=O) groups is 2. The molecule has 2 N–H and O–H groups in total. The van der Waals surface area contributed by atoms with Crippen molar-refractivity contribution in [2.24, 2.45) is 0 Å². The van der Waals surface area contributed by atoms with Gasteiger partial charge >= 0.3 is 0 Å².